The molecule has 0 aromatic heterocycles. The standard InChI is InChI=1S/C14H26N2O2/c1-10-8-14(2,3)5-4-11(10)16-13(17)12-9-15-6-7-18-12/h10-12,15H,4-9H2,1-3H3,(H,16,17). The Morgan fingerprint density at radius 3 is 2.83 bits per heavy atom. The topological polar surface area (TPSA) is 50.4 Å². The summed E-state index contributed by atoms with van der Waals surface area (Å²) < 4.78 is 5.48. The van der Waals surface area contributed by atoms with E-state index in [9.17, 15) is 4.79 Å². The Bertz CT molecular complexity index is 298. The second-order valence-electron chi connectivity index (χ2n) is 6.56. The molecule has 1 aliphatic carbocycles. The molecule has 2 aliphatic rings. The largest absolute Gasteiger partial charge is 0.366 e. The fourth-order valence-corrected chi connectivity index (χ4v) is 3.17. The maximum atomic E-state index is 12.1. The number of carbonyl (C=O) groups excluding carboxylic acids is 1. The van der Waals surface area contributed by atoms with Crippen LogP contribution in [0.25, 0.3) is 0 Å². The quantitative estimate of drug-likeness (QED) is 0.781. The molecule has 1 heterocycles. The molecular formula is C14H26N2O2. The van der Waals surface area contributed by atoms with Crippen LogP contribution < -0.4 is 10.6 Å². The van der Waals surface area contributed by atoms with Crippen molar-refractivity contribution in [3.8, 4) is 0 Å². The van der Waals surface area contributed by atoms with E-state index >= 15 is 0 Å². The summed E-state index contributed by atoms with van der Waals surface area (Å²) in [6.45, 7) is 8.98. The molecule has 3 unspecified atom stereocenters. The van der Waals surface area contributed by atoms with Crippen molar-refractivity contribution in [1.82, 2.24) is 10.6 Å². The van der Waals surface area contributed by atoms with Gasteiger partial charge in [0.05, 0.1) is 6.61 Å². The molecule has 1 saturated carbocycles. The van der Waals surface area contributed by atoms with E-state index in [0.29, 0.717) is 30.5 Å². The van der Waals surface area contributed by atoms with Gasteiger partial charge < -0.3 is 15.4 Å². The zero-order valence-electron chi connectivity index (χ0n) is 11.8. The molecule has 0 spiro atoms. The molecule has 2 N–H and O–H groups in total. The van der Waals surface area contributed by atoms with E-state index in [1.165, 1.54) is 12.8 Å². The van der Waals surface area contributed by atoms with Crippen LogP contribution in [-0.4, -0.2) is 37.7 Å². The van der Waals surface area contributed by atoms with E-state index in [4.69, 9.17) is 4.74 Å². The summed E-state index contributed by atoms with van der Waals surface area (Å²) >= 11 is 0. The molecule has 0 bridgehead atoms. The predicted octanol–water partition coefficient (Wildman–Crippen LogP) is 1.31. The third kappa shape index (κ3) is 3.45. The fourth-order valence-electron chi connectivity index (χ4n) is 3.17. The normalized spacial score (nSPS) is 36.1. The van der Waals surface area contributed by atoms with Crippen LogP contribution in [0.4, 0.5) is 0 Å². The first-order valence-electron chi connectivity index (χ1n) is 7.11. The molecule has 1 aliphatic heterocycles. The van der Waals surface area contributed by atoms with Crippen molar-refractivity contribution >= 4 is 5.91 Å². The van der Waals surface area contributed by atoms with Gasteiger partial charge in [-0.15, -0.1) is 0 Å². The summed E-state index contributed by atoms with van der Waals surface area (Å²) in [6.07, 6.45) is 3.15. The molecule has 0 radical (unpaired) electrons. The van der Waals surface area contributed by atoms with E-state index in [2.05, 4.69) is 31.4 Å². The van der Waals surface area contributed by atoms with Crippen LogP contribution in [0, 0.1) is 11.3 Å². The third-order valence-corrected chi connectivity index (χ3v) is 4.24. The van der Waals surface area contributed by atoms with Crippen molar-refractivity contribution in [1.29, 1.82) is 0 Å². The van der Waals surface area contributed by atoms with E-state index in [-0.39, 0.29) is 12.0 Å². The van der Waals surface area contributed by atoms with Crippen LogP contribution in [-0.2, 0) is 9.53 Å². The van der Waals surface area contributed by atoms with Crippen LogP contribution in [0.1, 0.15) is 40.0 Å². The zero-order valence-corrected chi connectivity index (χ0v) is 11.8. The zero-order chi connectivity index (χ0) is 13.2. The van der Waals surface area contributed by atoms with Gasteiger partial charge in [0.2, 0.25) is 0 Å². The Labute approximate surface area is 110 Å². The van der Waals surface area contributed by atoms with Gasteiger partial charge in [-0.2, -0.15) is 0 Å². The van der Waals surface area contributed by atoms with Crippen molar-refractivity contribution in [3.63, 3.8) is 0 Å². The summed E-state index contributed by atoms with van der Waals surface area (Å²) in [5.41, 5.74) is 0.420. The lowest BCUT2D eigenvalue weighted by Gasteiger charge is -2.40. The Morgan fingerprint density at radius 1 is 1.44 bits per heavy atom. The highest BCUT2D eigenvalue weighted by Gasteiger charge is 2.34. The lowest BCUT2D eigenvalue weighted by Crippen LogP contribution is -2.52. The first-order chi connectivity index (χ1) is 8.48. The molecule has 18 heavy (non-hydrogen) atoms. The molecule has 0 aromatic carbocycles. The number of amides is 1. The van der Waals surface area contributed by atoms with Crippen LogP contribution in [0.2, 0.25) is 0 Å². The summed E-state index contributed by atoms with van der Waals surface area (Å²) in [7, 11) is 0. The summed E-state index contributed by atoms with van der Waals surface area (Å²) in [5.74, 6) is 0.605. The molecular weight excluding hydrogens is 228 g/mol. The molecule has 4 nitrogen and oxygen atoms in total. The molecule has 1 saturated heterocycles. The van der Waals surface area contributed by atoms with Crippen molar-refractivity contribution in [2.24, 2.45) is 11.3 Å². The minimum atomic E-state index is -0.305. The monoisotopic (exact) mass is 254 g/mol. The number of hydrogen-bond acceptors (Lipinski definition) is 3. The Hall–Kier alpha value is -0.610. The Morgan fingerprint density at radius 2 is 2.22 bits per heavy atom. The highest BCUT2D eigenvalue weighted by Crippen LogP contribution is 2.38. The summed E-state index contributed by atoms with van der Waals surface area (Å²) in [5, 5.41) is 6.36. The van der Waals surface area contributed by atoms with Crippen molar-refractivity contribution in [2.45, 2.75) is 52.2 Å². The molecule has 3 atom stereocenters. The van der Waals surface area contributed by atoms with Gasteiger partial charge in [-0.05, 0) is 30.6 Å². The number of ether oxygens (including phenoxy) is 1. The van der Waals surface area contributed by atoms with Gasteiger partial charge in [0.1, 0.15) is 6.10 Å². The van der Waals surface area contributed by atoms with Gasteiger partial charge in [0, 0.05) is 19.1 Å². The number of morpholine rings is 1. The minimum absolute atomic E-state index is 0.0544. The molecule has 4 heteroatoms. The van der Waals surface area contributed by atoms with Crippen molar-refractivity contribution in [3.05, 3.63) is 0 Å². The van der Waals surface area contributed by atoms with Gasteiger partial charge in [-0.3, -0.25) is 4.79 Å². The number of hydrogen-bond donors (Lipinski definition) is 2. The average molecular weight is 254 g/mol. The fraction of sp³-hybridized carbons (Fsp3) is 0.929. The number of carbonyl (C=O) groups is 1. The summed E-state index contributed by atoms with van der Waals surface area (Å²) in [4.78, 5) is 12.1. The SMILES string of the molecule is CC1CC(C)(C)CCC1NC(=O)C1CNCCO1. The first kappa shape index (κ1) is 13.8. The van der Waals surface area contributed by atoms with Gasteiger partial charge >= 0.3 is 0 Å². The maximum absolute atomic E-state index is 12.1. The van der Waals surface area contributed by atoms with Gasteiger partial charge in [0.15, 0.2) is 0 Å². The third-order valence-electron chi connectivity index (χ3n) is 4.24. The van der Waals surface area contributed by atoms with Gasteiger partial charge in [-0.25, -0.2) is 0 Å². The number of nitrogens with one attached hydrogen (secondary N) is 2. The lowest BCUT2D eigenvalue weighted by atomic mass is 9.70. The van der Waals surface area contributed by atoms with Crippen LogP contribution >= 0.6 is 0 Å². The molecule has 2 fully saturated rings. The highest BCUT2D eigenvalue weighted by molar-refractivity contribution is 5.81. The second kappa shape index (κ2) is 5.57. The van der Waals surface area contributed by atoms with Crippen LogP contribution in [0.15, 0.2) is 0 Å². The van der Waals surface area contributed by atoms with Gasteiger partial charge in [0.25, 0.3) is 5.91 Å². The highest BCUT2D eigenvalue weighted by atomic mass is 16.5. The van der Waals surface area contributed by atoms with E-state index in [1.54, 1.807) is 0 Å². The van der Waals surface area contributed by atoms with Crippen molar-refractivity contribution < 1.29 is 9.53 Å². The van der Waals surface area contributed by atoms with E-state index in [0.717, 1.165) is 13.0 Å². The Kier molecular flexibility index (Phi) is 4.28. The van der Waals surface area contributed by atoms with Crippen LogP contribution in [0.5, 0.6) is 0 Å². The smallest absolute Gasteiger partial charge is 0.250 e. The van der Waals surface area contributed by atoms with E-state index in [1.807, 2.05) is 0 Å². The minimum Gasteiger partial charge on any atom is -0.366 e. The molecule has 104 valence electrons. The lowest BCUT2D eigenvalue weighted by molar-refractivity contribution is -0.135. The first-order valence-corrected chi connectivity index (χ1v) is 7.11. The second-order valence-corrected chi connectivity index (χ2v) is 6.56. The van der Waals surface area contributed by atoms with E-state index < -0.39 is 0 Å². The maximum Gasteiger partial charge on any atom is 0.250 e. The Balaban J connectivity index is 1.83. The molecule has 2 rings (SSSR count). The van der Waals surface area contributed by atoms with Crippen LogP contribution in [0.3, 0.4) is 0 Å². The van der Waals surface area contributed by atoms with Gasteiger partial charge in [-0.1, -0.05) is 20.8 Å². The predicted molar refractivity (Wildman–Crippen MR) is 71.3 cm³/mol. The summed E-state index contributed by atoms with van der Waals surface area (Å²) in [6, 6.07) is 0.316. The molecule has 1 amide bonds. The van der Waals surface area contributed by atoms with Crippen molar-refractivity contribution in [2.75, 3.05) is 19.7 Å². The number of rotatable bonds is 2. The molecule has 0 aromatic rings. The average Bonchev–Trinajstić information content (AvgIpc) is 2.33.